The number of benzene rings is 1. The van der Waals surface area contributed by atoms with E-state index in [1.54, 1.807) is 7.05 Å². The molecule has 1 saturated heterocycles. The van der Waals surface area contributed by atoms with Gasteiger partial charge in [-0.3, -0.25) is 14.9 Å². The van der Waals surface area contributed by atoms with E-state index in [0.717, 1.165) is 0 Å². The number of carbonyl (C=O) groups is 1. The van der Waals surface area contributed by atoms with Gasteiger partial charge in [0.15, 0.2) is 0 Å². The monoisotopic (exact) mass is 299 g/mol. The highest BCUT2D eigenvalue weighted by atomic mass is 35.5. The minimum Gasteiger partial charge on any atom is -0.390 e. The maximum atomic E-state index is 12.3. The van der Waals surface area contributed by atoms with Crippen molar-refractivity contribution in [3.8, 4) is 0 Å². The van der Waals surface area contributed by atoms with Gasteiger partial charge in [-0.2, -0.15) is 0 Å². The smallest absolute Gasteiger partial charge is 0.271 e. The number of β-amino-alcohol motifs (C(OH)–C–C–N with tert-alkyl or cyclic N) is 1. The van der Waals surface area contributed by atoms with Gasteiger partial charge in [0.25, 0.3) is 11.6 Å². The number of amides is 1. The summed E-state index contributed by atoms with van der Waals surface area (Å²) in [7, 11) is 1.55. The highest BCUT2D eigenvalue weighted by Crippen LogP contribution is 2.22. The van der Waals surface area contributed by atoms with Gasteiger partial charge in [-0.15, -0.1) is 0 Å². The first-order chi connectivity index (χ1) is 9.40. The molecule has 7 nitrogen and oxygen atoms in total. The Morgan fingerprint density at radius 1 is 1.50 bits per heavy atom. The van der Waals surface area contributed by atoms with Crippen molar-refractivity contribution in [2.45, 2.75) is 12.1 Å². The Balaban J connectivity index is 2.26. The number of likely N-dealkylation sites (N-methyl/N-ethyl adjacent to an activating group) is 1. The average Bonchev–Trinajstić information content (AvgIpc) is 2.82. The molecule has 2 rings (SSSR count). The number of carbonyl (C=O) groups excluding carboxylic acids is 1. The molecule has 20 heavy (non-hydrogen) atoms. The number of aliphatic hydroxyl groups is 1. The number of hydrogen-bond acceptors (Lipinski definition) is 5. The zero-order chi connectivity index (χ0) is 14.9. The molecule has 1 amide bonds. The molecule has 0 aliphatic carbocycles. The SMILES string of the molecule is CN(C(=O)c1cc(Cl)cc([N+](=O)[O-])c1)[C@H]1CNC[C@@H]1O. The highest BCUT2D eigenvalue weighted by molar-refractivity contribution is 6.31. The molecule has 0 radical (unpaired) electrons. The molecule has 2 N–H and O–H groups in total. The molecule has 8 heteroatoms. The summed E-state index contributed by atoms with van der Waals surface area (Å²) in [6.45, 7) is 0.893. The number of nitro groups is 1. The van der Waals surface area contributed by atoms with E-state index in [1.807, 2.05) is 0 Å². The van der Waals surface area contributed by atoms with E-state index in [9.17, 15) is 20.0 Å². The van der Waals surface area contributed by atoms with E-state index >= 15 is 0 Å². The molecular formula is C12H14ClN3O4. The first-order valence-electron chi connectivity index (χ1n) is 6.01. The lowest BCUT2D eigenvalue weighted by Crippen LogP contribution is -2.44. The van der Waals surface area contributed by atoms with Gasteiger partial charge in [-0.05, 0) is 6.07 Å². The predicted molar refractivity (Wildman–Crippen MR) is 72.9 cm³/mol. The topological polar surface area (TPSA) is 95.7 Å². The van der Waals surface area contributed by atoms with Crippen LogP contribution in [0.3, 0.4) is 0 Å². The van der Waals surface area contributed by atoms with Crippen molar-refractivity contribution in [1.29, 1.82) is 0 Å². The third-order valence-corrected chi connectivity index (χ3v) is 3.53. The lowest BCUT2D eigenvalue weighted by Gasteiger charge is -2.26. The molecule has 1 aliphatic rings. The quantitative estimate of drug-likeness (QED) is 0.631. The van der Waals surface area contributed by atoms with E-state index in [2.05, 4.69) is 5.32 Å². The van der Waals surface area contributed by atoms with Gasteiger partial charge >= 0.3 is 0 Å². The predicted octanol–water partition coefficient (Wildman–Crippen LogP) is 0.653. The molecule has 0 aromatic heterocycles. The summed E-state index contributed by atoms with van der Waals surface area (Å²) < 4.78 is 0. The molecule has 1 heterocycles. The minimum absolute atomic E-state index is 0.126. The Morgan fingerprint density at radius 2 is 2.20 bits per heavy atom. The second-order valence-corrected chi connectivity index (χ2v) is 5.10. The van der Waals surface area contributed by atoms with Gasteiger partial charge in [0.05, 0.1) is 17.1 Å². The number of nitrogens with one attached hydrogen (secondary N) is 1. The van der Waals surface area contributed by atoms with Crippen molar-refractivity contribution in [3.05, 3.63) is 38.9 Å². The summed E-state index contributed by atoms with van der Waals surface area (Å²) in [5.41, 5.74) is -0.106. The van der Waals surface area contributed by atoms with E-state index in [0.29, 0.717) is 13.1 Å². The number of non-ortho nitro benzene ring substituents is 1. The van der Waals surface area contributed by atoms with E-state index in [-0.39, 0.29) is 22.3 Å². The lowest BCUT2D eigenvalue weighted by molar-refractivity contribution is -0.384. The normalized spacial score (nSPS) is 21.8. The Morgan fingerprint density at radius 3 is 2.75 bits per heavy atom. The molecule has 1 aromatic carbocycles. The van der Waals surface area contributed by atoms with Crippen molar-refractivity contribution in [2.75, 3.05) is 20.1 Å². The van der Waals surface area contributed by atoms with Crippen LogP contribution in [0.25, 0.3) is 0 Å². The Hall–Kier alpha value is -1.70. The highest BCUT2D eigenvalue weighted by Gasteiger charge is 2.32. The molecule has 1 fully saturated rings. The Labute approximate surface area is 120 Å². The fraction of sp³-hybridized carbons (Fsp3) is 0.417. The fourth-order valence-electron chi connectivity index (χ4n) is 2.20. The molecular weight excluding hydrogens is 286 g/mol. The zero-order valence-electron chi connectivity index (χ0n) is 10.7. The third kappa shape index (κ3) is 2.90. The Kier molecular flexibility index (Phi) is 4.22. The fourth-order valence-corrected chi connectivity index (χ4v) is 2.43. The van der Waals surface area contributed by atoms with E-state index in [4.69, 9.17) is 11.6 Å². The van der Waals surface area contributed by atoms with Crippen LogP contribution in [0.4, 0.5) is 5.69 Å². The van der Waals surface area contributed by atoms with Crippen LogP contribution in [0.2, 0.25) is 5.02 Å². The molecule has 1 aromatic rings. The molecule has 0 bridgehead atoms. The van der Waals surface area contributed by atoms with Gasteiger partial charge in [0.1, 0.15) is 0 Å². The van der Waals surface area contributed by atoms with Gasteiger partial charge < -0.3 is 15.3 Å². The largest absolute Gasteiger partial charge is 0.390 e. The number of aliphatic hydroxyl groups excluding tert-OH is 1. The molecule has 0 unspecified atom stereocenters. The number of halogens is 1. The van der Waals surface area contributed by atoms with E-state index in [1.165, 1.54) is 23.1 Å². The van der Waals surface area contributed by atoms with Gasteiger partial charge in [0.2, 0.25) is 0 Å². The first-order valence-corrected chi connectivity index (χ1v) is 6.39. The van der Waals surface area contributed by atoms with Crippen molar-refractivity contribution in [1.82, 2.24) is 10.2 Å². The van der Waals surface area contributed by atoms with Gasteiger partial charge in [0, 0.05) is 42.9 Å². The average molecular weight is 300 g/mol. The molecule has 1 aliphatic heterocycles. The summed E-state index contributed by atoms with van der Waals surface area (Å²) in [6.07, 6.45) is -0.655. The van der Waals surface area contributed by atoms with Gasteiger partial charge in [-0.1, -0.05) is 11.6 Å². The summed E-state index contributed by atoms with van der Waals surface area (Å²) in [4.78, 5) is 23.9. The van der Waals surface area contributed by atoms with Crippen LogP contribution in [0, 0.1) is 10.1 Å². The number of hydrogen-bond donors (Lipinski definition) is 2. The zero-order valence-corrected chi connectivity index (χ0v) is 11.5. The summed E-state index contributed by atoms with van der Waals surface area (Å²) in [5.74, 6) is -0.414. The minimum atomic E-state index is -0.655. The molecule has 108 valence electrons. The summed E-state index contributed by atoms with van der Waals surface area (Å²) in [5, 5.41) is 23.6. The second-order valence-electron chi connectivity index (χ2n) is 4.66. The maximum Gasteiger partial charge on any atom is 0.271 e. The van der Waals surface area contributed by atoms with Crippen LogP contribution in [-0.2, 0) is 0 Å². The van der Waals surface area contributed by atoms with Crippen LogP contribution in [0.15, 0.2) is 18.2 Å². The van der Waals surface area contributed by atoms with Crippen molar-refractivity contribution >= 4 is 23.2 Å². The van der Waals surface area contributed by atoms with Gasteiger partial charge in [-0.25, -0.2) is 0 Å². The standard InChI is InChI=1S/C12H14ClN3O4/c1-15(10-5-14-6-11(10)17)12(18)7-2-8(13)4-9(3-7)16(19)20/h2-4,10-11,14,17H,5-6H2,1H3/t10-,11-/m0/s1. The van der Waals surface area contributed by atoms with Crippen LogP contribution in [-0.4, -0.2) is 53.1 Å². The first kappa shape index (κ1) is 14.7. The van der Waals surface area contributed by atoms with Crippen LogP contribution in [0.1, 0.15) is 10.4 Å². The summed E-state index contributed by atoms with van der Waals surface area (Å²) >= 11 is 5.79. The van der Waals surface area contributed by atoms with Crippen molar-refractivity contribution in [3.63, 3.8) is 0 Å². The number of nitrogens with zero attached hydrogens (tertiary/aromatic N) is 2. The van der Waals surface area contributed by atoms with Crippen molar-refractivity contribution < 1.29 is 14.8 Å². The van der Waals surface area contributed by atoms with Crippen LogP contribution < -0.4 is 5.32 Å². The number of rotatable bonds is 3. The molecule has 2 atom stereocenters. The lowest BCUT2D eigenvalue weighted by atomic mass is 10.1. The molecule has 0 spiro atoms. The Bertz CT molecular complexity index is 552. The maximum absolute atomic E-state index is 12.3. The second kappa shape index (κ2) is 5.74. The van der Waals surface area contributed by atoms with Crippen LogP contribution in [0.5, 0.6) is 0 Å². The van der Waals surface area contributed by atoms with Crippen molar-refractivity contribution in [2.24, 2.45) is 0 Å². The van der Waals surface area contributed by atoms with Crippen LogP contribution >= 0.6 is 11.6 Å². The van der Waals surface area contributed by atoms with E-state index < -0.39 is 16.9 Å². The third-order valence-electron chi connectivity index (χ3n) is 3.31. The number of nitro benzene ring substituents is 1. The molecule has 0 saturated carbocycles. The summed E-state index contributed by atoms with van der Waals surface area (Å²) in [6, 6.07) is 3.38.